The Kier molecular flexibility index (Phi) is 2.62. The van der Waals surface area contributed by atoms with Gasteiger partial charge in [0.1, 0.15) is 18.0 Å². The molecule has 0 bridgehead atoms. The van der Waals surface area contributed by atoms with Crippen molar-refractivity contribution in [2.45, 2.75) is 25.1 Å². The van der Waals surface area contributed by atoms with Crippen molar-refractivity contribution in [3.63, 3.8) is 0 Å². The molecule has 1 aliphatic carbocycles. The third-order valence-electron chi connectivity index (χ3n) is 3.60. The molecular weight excluding hydrogens is 237 g/mol. The van der Waals surface area contributed by atoms with Gasteiger partial charge in [-0.05, 0) is 12.8 Å². The molecule has 0 aromatic carbocycles. The van der Waals surface area contributed by atoms with Crippen LogP contribution in [0.5, 0.6) is 0 Å². The number of nitrogen functional groups attached to an aromatic ring is 1. The molecule has 0 spiro atoms. The van der Waals surface area contributed by atoms with Gasteiger partial charge in [0.05, 0.1) is 6.33 Å². The van der Waals surface area contributed by atoms with Gasteiger partial charge in [0, 0.05) is 18.6 Å². The number of rotatable bonds is 2. The van der Waals surface area contributed by atoms with Crippen molar-refractivity contribution in [2.75, 3.05) is 12.3 Å². The van der Waals surface area contributed by atoms with Crippen molar-refractivity contribution >= 4 is 17.0 Å². The molecule has 1 fully saturated rings. The Balaban J connectivity index is 1.99. The Hall–Kier alpha value is -1.76. The number of aliphatic hydroxyl groups is 1. The minimum absolute atomic E-state index is 0.0311. The monoisotopic (exact) mass is 251 g/mol. The molecule has 0 radical (unpaired) electrons. The van der Waals surface area contributed by atoms with Crippen LogP contribution >= 0.6 is 0 Å². The van der Waals surface area contributed by atoms with Crippen LogP contribution in [0.4, 0.5) is 10.2 Å². The third kappa shape index (κ3) is 1.62. The lowest BCUT2D eigenvalue weighted by atomic mass is 10.1. The van der Waals surface area contributed by atoms with E-state index in [1.807, 2.05) is 4.57 Å². The van der Waals surface area contributed by atoms with Crippen LogP contribution in [0.3, 0.4) is 0 Å². The predicted molar refractivity (Wildman–Crippen MR) is 63.5 cm³/mol. The number of nitrogens with zero attached hydrogens (tertiary/aromatic N) is 4. The lowest BCUT2D eigenvalue weighted by Gasteiger charge is -2.11. The van der Waals surface area contributed by atoms with E-state index in [-0.39, 0.29) is 18.6 Å². The van der Waals surface area contributed by atoms with Crippen molar-refractivity contribution < 1.29 is 9.50 Å². The number of aromatic nitrogens is 4. The molecule has 2 heterocycles. The maximum atomic E-state index is 13.7. The summed E-state index contributed by atoms with van der Waals surface area (Å²) in [5, 5.41) is 9.10. The van der Waals surface area contributed by atoms with E-state index in [2.05, 4.69) is 15.0 Å². The second kappa shape index (κ2) is 4.16. The van der Waals surface area contributed by atoms with E-state index < -0.39 is 6.17 Å². The fourth-order valence-corrected chi connectivity index (χ4v) is 2.60. The average molecular weight is 251 g/mol. The first-order valence-electron chi connectivity index (χ1n) is 5.88. The van der Waals surface area contributed by atoms with E-state index in [0.717, 1.165) is 0 Å². The highest BCUT2D eigenvalue weighted by atomic mass is 19.1. The van der Waals surface area contributed by atoms with Crippen molar-refractivity contribution in [3.05, 3.63) is 12.7 Å². The summed E-state index contributed by atoms with van der Waals surface area (Å²) in [5.41, 5.74) is 6.87. The minimum Gasteiger partial charge on any atom is -0.396 e. The van der Waals surface area contributed by atoms with E-state index in [4.69, 9.17) is 10.8 Å². The molecule has 2 aromatic rings. The van der Waals surface area contributed by atoms with E-state index in [9.17, 15) is 4.39 Å². The van der Waals surface area contributed by atoms with Gasteiger partial charge in [-0.25, -0.2) is 19.3 Å². The molecular formula is C11H14FN5O. The molecule has 1 saturated carbocycles. The van der Waals surface area contributed by atoms with Crippen molar-refractivity contribution in [3.8, 4) is 0 Å². The zero-order chi connectivity index (χ0) is 12.7. The van der Waals surface area contributed by atoms with Crippen LogP contribution < -0.4 is 5.73 Å². The first-order valence-corrected chi connectivity index (χ1v) is 5.88. The lowest BCUT2D eigenvalue weighted by Crippen LogP contribution is -2.11. The van der Waals surface area contributed by atoms with Crippen LogP contribution in [0, 0.1) is 5.92 Å². The van der Waals surface area contributed by atoms with Gasteiger partial charge in [-0.3, -0.25) is 0 Å². The van der Waals surface area contributed by atoms with Gasteiger partial charge >= 0.3 is 0 Å². The molecule has 2 aromatic heterocycles. The first kappa shape index (κ1) is 11.3. The molecule has 3 N–H and O–H groups in total. The number of anilines is 1. The fourth-order valence-electron chi connectivity index (χ4n) is 2.60. The Morgan fingerprint density at radius 3 is 2.94 bits per heavy atom. The highest BCUT2D eigenvalue weighted by Gasteiger charge is 2.35. The van der Waals surface area contributed by atoms with E-state index in [1.54, 1.807) is 6.33 Å². The first-order chi connectivity index (χ1) is 8.70. The topological polar surface area (TPSA) is 89.9 Å². The largest absolute Gasteiger partial charge is 0.396 e. The molecule has 3 rings (SSSR count). The van der Waals surface area contributed by atoms with E-state index in [0.29, 0.717) is 29.8 Å². The van der Waals surface area contributed by atoms with Crippen LogP contribution in [0.25, 0.3) is 11.2 Å². The number of imidazole rings is 1. The number of fused-ring (bicyclic) bond motifs is 1. The van der Waals surface area contributed by atoms with E-state index in [1.165, 1.54) is 6.33 Å². The number of aliphatic hydroxyl groups excluding tert-OH is 1. The van der Waals surface area contributed by atoms with E-state index >= 15 is 0 Å². The van der Waals surface area contributed by atoms with Gasteiger partial charge in [0.15, 0.2) is 11.5 Å². The van der Waals surface area contributed by atoms with Crippen LogP contribution in [-0.2, 0) is 0 Å². The van der Waals surface area contributed by atoms with Crippen molar-refractivity contribution in [1.82, 2.24) is 19.5 Å². The zero-order valence-electron chi connectivity index (χ0n) is 9.70. The molecule has 6 nitrogen and oxygen atoms in total. The van der Waals surface area contributed by atoms with Gasteiger partial charge in [0.25, 0.3) is 0 Å². The van der Waals surface area contributed by atoms with Crippen LogP contribution in [-0.4, -0.2) is 37.4 Å². The van der Waals surface area contributed by atoms with Crippen molar-refractivity contribution in [2.24, 2.45) is 5.92 Å². The summed E-state index contributed by atoms with van der Waals surface area (Å²) in [5.74, 6) is 0.0267. The number of nitrogens with two attached hydrogens (primary N) is 1. The molecule has 3 unspecified atom stereocenters. The number of halogens is 1. The summed E-state index contributed by atoms with van der Waals surface area (Å²) in [6.07, 6.45) is 2.98. The van der Waals surface area contributed by atoms with Crippen LogP contribution in [0.15, 0.2) is 12.7 Å². The van der Waals surface area contributed by atoms with Gasteiger partial charge in [-0.1, -0.05) is 0 Å². The number of alkyl halides is 1. The standard InChI is InChI=1S/C11H14FN5O/c12-8-2-7(1-6(8)3-18)17-5-16-9-10(13)14-4-15-11(9)17/h4-8,18H,1-3H2,(H2,13,14,15). The summed E-state index contributed by atoms with van der Waals surface area (Å²) in [6.45, 7) is -0.124. The number of hydrogen-bond donors (Lipinski definition) is 2. The normalized spacial score (nSPS) is 28.0. The van der Waals surface area contributed by atoms with Gasteiger partial charge in [-0.15, -0.1) is 0 Å². The molecule has 96 valence electrons. The van der Waals surface area contributed by atoms with Crippen molar-refractivity contribution in [1.29, 1.82) is 0 Å². The molecule has 0 saturated heterocycles. The summed E-state index contributed by atoms with van der Waals surface area (Å²) in [7, 11) is 0. The van der Waals surface area contributed by atoms with Gasteiger partial charge in [-0.2, -0.15) is 0 Å². The summed E-state index contributed by atoms with van der Waals surface area (Å²) < 4.78 is 15.5. The molecule has 3 atom stereocenters. The molecule has 0 aliphatic heterocycles. The molecule has 1 aliphatic rings. The highest BCUT2D eigenvalue weighted by molar-refractivity contribution is 5.81. The maximum Gasteiger partial charge on any atom is 0.165 e. The van der Waals surface area contributed by atoms with Crippen LogP contribution in [0.1, 0.15) is 18.9 Å². The summed E-state index contributed by atoms with van der Waals surface area (Å²) >= 11 is 0. The smallest absolute Gasteiger partial charge is 0.165 e. The quantitative estimate of drug-likeness (QED) is 0.819. The maximum absolute atomic E-state index is 13.7. The van der Waals surface area contributed by atoms with Crippen LogP contribution in [0.2, 0.25) is 0 Å². The summed E-state index contributed by atoms with van der Waals surface area (Å²) in [4.78, 5) is 12.2. The molecule has 18 heavy (non-hydrogen) atoms. The molecule has 7 heteroatoms. The molecule has 0 amide bonds. The fraction of sp³-hybridized carbons (Fsp3) is 0.545. The Morgan fingerprint density at radius 1 is 1.39 bits per heavy atom. The summed E-state index contributed by atoms with van der Waals surface area (Å²) in [6, 6.07) is -0.0311. The Labute approximate surface area is 103 Å². The second-order valence-electron chi connectivity index (χ2n) is 4.67. The van der Waals surface area contributed by atoms with Gasteiger partial charge in [0.2, 0.25) is 0 Å². The Bertz CT molecular complexity index is 572. The highest BCUT2D eigenvalue weighted by Crippen LogP contribution is 2.37. The minimum atomic E-state index is -0.975. The lowest BCUT2D eigenvalue weighted by molar-refractivity contribution is 0.162. The average Bonchev–Trinajstić information content (AvgIpc) is 2.93. The second-order valence-corrected chi connectivity index (χ2v) is 4.67. The number of hydrogen-bond acceptors (Lipinski definition) is 5. The SMILES string of the molecule is Nc1ncnc2c1ncn2C1CC(F)C(CO)C1. The third-order valence-corrected chi connectivity index (χ3v) is 3.60. The van der Waals surface area contributed by atoms with Gasteiger partial charge < -0.3 is 15.4 Å². The zero-order valence-corrected chi connectivity index (χ0v) is 9.70. The predicted octanol–water partition coefficient (Wildman–Crippen LogP) is 0.690. The Morgan fingerprint density at radius 2 is 2.22 bits per heavy atom.